The number of hydrogen-bond donors (Lipinski definition) is 0. The molecule has 0 aliphatic carbocycles. The zero-order valence-corrected chi connectivity index (χ0v) is 13.9. The lowest BCUT2D eigenvalue weighted by molar-refractivity contribution is -0.384. The molecule has 1 aliphatic rings. The number of piperazine rings is 1. The molecule has 1 saturated heterocycles. The summed E-state index contributed by atoms with van der Waals surface area (Å²) in [6, 6.07) is 13.0. The standard InChI is InChI=1S/C18H19N3O4/c1-19-9-11-20(12-10-19)17-8-7-14(21(23)24)13-16(17)18(22)25-15-5-3-2-4-6-15/h2-8,13H,9-12H2,1H3. The second kappa shape index (κ2) is 7.31. The van der Waals surface area contributed by atoms with Crippen molar-refractivity contribution in [2.24, 2.45) is 0 Å². The second-order valence-corrected chi connectivity index (χ2v) is 5.95. The number of benzene rings is 2. The highest BCUT2D eigenvalue weighted by Crippen LogP contribution is 2.27. The Bertz CT molecular complexity index is 771. The van der Waals surface area contributed by atoms with Gasteiger partial charge in [-0.15, -0.1) is 0 Å². The lowest BCUT2D eigenvalue weighted by Gasteiger charge is -2.34. The third-order valence-electron chi connectivity index (χ3n) is 4.21. The van der Waals surface area contributed by atoms with Crippen molar-refractivity contribution in [3.63, 3.8) is 0 Å². The van der Waals surface area contributed by atoms with E-state index >= 15 is 0 Å². The first kappa shape index (κ1) is 16.9. The number of carbonyl (C=O) groups excluding carboxylic acids is 1. The summed E-state index contributed by atoms with van der Waals surface area (Å²) in [6.45, 7) is 3.23. The first-order valence-electron chi connectivity index (χ1n) is 8.04. The number of nitrogens with zero attached hydrogens (tertiary/aromatic N) is 3. The number of anilines is 1. The Morgan fingerprint density at radius 3 is 2.40 bits per heavy atom. The van der Waals surface area contributed by atoms with Gasteiger partial charge < -0.3 is 14.5 Å². The van der Waals surface area contributed by atoms with Gasteiger partial charge in [-0.1, -0.05) is 18.2 Å². The fourth-order valence-corrected chi connectivity index (χ4v) is 2.77. The van der Waals surface area contributed by atoms with E-state index in [-0.39, 0.29) is 11.3 Å². The van der Waals surface area contributed by atoms with Crippen molar-refractivity contribution in [3.05, 3.63) is 64.2 Å². The fourth-order valence-electron chi connectivity index (χ4n) is 2.77. The molecular weight excluding hydrogens is 322 g/mol. The van der Waals surface area contributed by atoms with Gasteiger partial charge in [-0.05, 0) is 25.2 Å². The molecule has 1 heterocycles. The molecule has 0 spiro atoms. The maximum atomic E-state index is 12.6. The Labute approximate surface area is 145 Å². The van der Waals surface area contributed by atoms with Crippen LogP contribution in [0.5, 0.6) is 5.75 Å². The van der Waals surface area contributed by atoms with Gasteiger partial charge in [-0.3, -0.25) is 10.1 Å². The SMILES string of the molecule is CN1CCN(c2ccc([N+](=O)[O-])cc2C(=O)Oc2ccccc2)CC1. The number of nitro groups is 1. The quantitative estimate of drug-likeness (QED) is 0.368. The van der Waals surface area contributed by atoms with E-state index in [1.165, 1.54) is 12.1 Å². The van der Waals surface area contributed by atoms with Gasteiger partial charge in [-0.25, -0.2) is 4.79 Å². The van der Waals surface area contributed by atoms with E-state index in [1.807, 2.05) is 13.1 Å². The molecule has 130 valence electrons. The van der Waals surface area contributed by atoms with Crippen molar-refractivity contribution < 1.29 is 14.5 Å². The highest BCUT2D eigenvalue weighted by molar-refractivity contribution is 5.98. The monoisotopic (exact) mass is 341 g/mol. The number of nitro benzene ring substituents is 1. The number of hydrogen-bond acceptors (Lipinski definition) is 6. The van der Waals surface area contributed by atoms with Gasteiger partial charge in [0, 0.05) is 38.3 Å². The maximum Gasteiger partial charge on any atom is 0.345 e. The molecule has 3 rings (SSSR count). The van der Waals surface area contributed by atoms with E-state index in [2.05, 4.69) is 9.80 Å². The predicted octanol–water partition coefficient (Wildman–Crippen LogP) is 2.57. The predicted molar refractivity (Wildman–Crippen MR) is 94.2 cm³/mol. The highest BCUT2D eigenvalue weighted by atomic mass is 16.6. The van der Waals surface area contributed by atoms with Gasteiger partial charge in [0.1, 0.15) is 5.75 Å². The minimum Gasteiger partial charge on any atom is -0.423 e. The van der Waals surface area contributed by atoms with Gasteiger partial charge >= 0.3 is 5.97 Å². The maximum absolute atomic E-state index is 12.6. The number of non-ortho nitro benzene ring substituents is 1. The molecule has 2 aromatic carbocycles. The van der Waals surface area contributed by atoms with Crippen LogP contribution in [-0.4, -0.2) is 49.0 Å². The molecule has 1 fully saturated rings. The largest absolute Gasteiger partial charge is 0.423 e. The minimum atomic E-state index is -0.594. The average Bonchev–Trinajstić information content (AvgIpc) is 2.62. The van der Waals surface area contributed by atoms with Gasteiger partial charge in [-0.2, -0.15) is 0 Å². The first-order chi connectivity index (χ1) is 12.0. The number of para-hydroxylation sites is 1. The minimum absolute atomic E-state index is 0.127. The Morgan fingerprint density at radius 2 is 1.76 bits per heavy atom. The smallest absolute Gasteiger partial charge is 0.345 e. The van der Waals surface area contributed by atoms with Crippen LogP contribution in [0.2, 0.25) is 0 Å². The summed E-state index contributed by atoms with van der Waals surface area (Å²) in [4.78, 5) is 27.5. The molecule has 25 heavy (non-hydrogen) atoms. The number of esters is 1. The molecule has 1 aliphatic heterocycles. The van der Waals surface area contributed by atoms with Gasteiger partial charge in [0.2, 0.25) is 0 Å². The molecule has 0 unspecified atom stereocenters. The molecule has 0 bridgehead atoms. The Morgan fingerprint density at radius 1 is 1.08 bits per heavy atom. The van der Waals surface area contributed by atoms with Gasteiger partial charge in [0.05, 0.1) is 16.2 Å². The molecule has 7 nitrogen and oxygen atoms in total. The molecule has 0 saturated carbocycles. The first-order valence-corrected chi connectivity index (χ1v) is 8.04. The highest BCUT2D eigenvalue weighted by Gasteiger charge is 2.24. The van der Waals surface area contributed by atoms with E-state index in [9.17, 15) is 14.9 Å². The molecule has 0 N–H and O–H groups in total. The topological polar surface area (TPSA) is 75.9 Å². The average molecular weight is 341 g/mol. The molecule has 7 heteroatoms. The summed E-state index contributed by atoms with van der Waals surface area (Å²) in [5.41, 5.74) is 0.750. The number of ether oxygens (including phenoxy) is 1. The molecule has 2 aromatic rings. The summed E-state index contributed by atoms with van der Waals surface area (Å²) in [5, 5.41) is 11.1. The third kappa shape index (κ3) is 3.95. The molecular formula is C18H19N3O4. The normalized spacial score (nSPS) is 15.0. The van der Waals surface area contributed by atoms with Crippen molar-refractivity contribution in [1.82, 2.24) is 4.90 Å². The van der Waals surface area contributed by atoms with Crippen molar-refractivity contribution in [2.75, 3.05) is 38.1 Å². The summed E-state index contributed by atoms with van der Waals surface area (Å²) >= 11 is 0. The van der Waals surface area contributed by atoms with E-state index in [4.69, 9.17) is 4.74 Å². The van der Waals surface area contributed by atoms with Crippen LogP contribution in [0.4, 0.5) is 11.4 Å². The summed E-state index contributed by atoms with van der Waals surface area (Å²) in [5.74, 6) is -0.188. The third-order valence-corrected chi connectivity index (χ3v) is 4.21. The summed E-state index contributed by atoms with van der Waals surface area (Å²) < 4.78 is 5.39. The van der Waals surface area contributed by atoms with Crippen molar-refractivity contribution >= 4 is 17.3 Å². The van der Waals surface area contributed by atoms with Crippen LogP contribution in [0.1, 0.15) is 10.4 Å². The number of rotatable bonds is 4. The fraction of sp³-hybridized carbons (Fsp3) is 0.278. The van der Waals surface area contributed by atoms with Crippen LogP contribution in [0.3, 0.4) is 0 Å². The Balaban J connectivity index is 1.92. The molecule has 0 atom stereocenters. The number of likely N-dealkylation sites (N-methyl/N-ethyl adjacent to an activating group) is 1. The van der Waals surface area contributed by atoms with Crippen LogP contribution in [0.25, 0.3) is 0 Å². The van der Waals surface area contributed by atoms with E-state index in [0.717, 1.165) is 26.2 Å². The van der Waals surface area contributed by atoms with Gasteiger partial charge in [0.15, 0.2) is 0 Å². The van der Waals surface area contributed by atoms with E-state index < -0.39 is 10.9 Å². The second-order valence-electron chi connectivity index (χ2n) is 5.95. The summed E-state index contributed by atoms with van der Waals surface area (Å²) in [6.07, 6.45) is 0. The van der Waals surface area contributed by atoms with Crippen molar-refractivity contribution in [3.8, 4) is 5.75 Å². The Kier molecular flexibility index (Phi) is 4.95. The zero-order chi connectivity index (χ0) is 17.8. The Hall–Kier alpha value is -2.93. The van der Waals surface area contributed by atoms with Crippen LogP contribution in [-0.2, 0) is 0 Å². The summed E-state index contributed by atoms with van der Waals surface area (Å²) in [7, 11) is 2.04. The zero-order valence-electron chi connectivity index (χ0n) is 13.9. The van der Waals surface area contributed by atoms with Gasteiger partial charge in [0.25, 0.3) is 5.69 Å². The van der Waals surface area contributed by atoms with Crippen molar-refractivity contribution in [2.45, 2.75) is 0 Å². The molecule has 0 amide bonds. The van der Waals surface area contributed by atoms with Crippen molar-refractivity contribution in [1.29, 1.82) is 0 Å². The van der Waals surface area contributed by atoms with Crippen LogP contribution in [0.15, 0.2) is 48.5 Å². The van der Waals surface area contributed by atoms with Crippen LogP contribution < -0.4 is 9.64 Å². The molecule has 0 aromatic heterocycles. The van der Waals surface area contributed by atoms with Crippen LogP contribution >= 0.6 is 0 Å². The van der Waals surface area contributed by atoms with Crippen LogP contribution in [0, 0.1) is 10.1 Å². The van der Waals surface area contributed by atoms with E-state index in [1.54, 1.807) is 30.3 Å². The lowest BCUT2D eigenvalue weighted by atomic mass is 10.1. The molecule has 0 radical (unpaired) electrons. The van der Waals surface area contributed by atoms with E-state index in [0.29, 0.717) is 11.4 Å². The number of carbonyl (C=O) groups is 1. The lowest BCUT2D eigenvalue weighted by Crippen LogP contribution is -2.45.